The molecule has 3 aromatic rings. The number of carbonyl (C=O) groups excluding carboxylic acids is 4. The first kappa shape index (κ1) is 25.2. The maximum Gasteiger partial charge on any atom is 0.261 e. The summed E-state index contributed by atoms with van der Waals surface area (Å²) in [5, 5.41) is 26.5. The summed E-state index contributed by atoms with van der Waals surface area (Å²) in [5.41, 5.74) is 7.66. The molecule has 0 bridgehead atoms. The number of likely N-dealkylation sites (N-methyl/N-ethyl adjacent to an activating group) is 1. The molecule has 4 atom stereocenters. The average Bonchev–Trinajstić information content (AvgIpc) is 3.57. The molecular weight excluding hydrogens is 500 g/mol. The van der Waals surface area contributed by atoms with Crippen LogP contribution in [0.15, 0.2) is 30.9 Å². The normalized spacial score (nSPS) is 22.2. The fourth-order valence-corrected chi connectivity index (χ4v) is 4.56. The first-order valence-corrected chi connectivity index (χ1v) is 11.7. The van der Waals surface area contributed by atoms with Crippen molar-refractivity contribution in [2.75, 3.05) is 17.6 Å². The number of rotatable bonds is 6. The maximum absolute atomic E-state index is 13.2. The number of nitrogens with one attached hydrogen (secondary N) is 2. The summed E-state index contributed by atoms with van der Waals surface area (Å²) in [6.45, 7) is 1.64. The van der Waals surface area contributed by atoms with Gasteiger partial charge in [0.05, 0.1) is 6.33 Å². The van der Waals surface area contributed by atoms with Crippen LogP contribution in [-0.4, -0.2) is 83.1 Å². The van der Waals surface area contributed by atoms with Crippen LogP contribution >= 0.6 is 0 Å². The van der Waals surface area contributed by atoms with Crippen molar-refractivity contribution in [2.24, 2.45) is 0 Å². The van der Waals surface area contributed by atoms with E-state index in [1.54, 1.807) is 18.2 Å². The minimum atomic E-state index is -1.68. The first-order valence-electron chi connectivity index (χ1n) is 11.7. The highest BCUT2D eigenvalue weighted by atomic mass is 16.6. The molecular formula is C23H24N8O7. The molecule has 0 radical (unpaired) electrons. The van der Waals surface area contributed by atoms with E-state index in [2.05, 4.69) is 25.6 Å². The number of fused-ring (bicyclic) bond motifs is 2. The molecule has 0 spiro atoms. The van der Waals surface area contributed by atoms with Crippen LogP contribution in [0.4, 0.5) is 11.5 Å². The van der Waals surface area contributed by atoms with Gasteiger partial charge in [-0.25, -0.2) is 15.0 Å². The van der Waals surface area contributed by atoms with Crippen molar-refractivity contribution < 1.29 is 34.1 Å². The molecule has 6 N–H and O–H groups in total. The van der Waals surface area contributed by atoms with Gasteiger partial charge in [0, 0.05) is 29.9 Å². The van der Waals surface area contributed by atoms with Crippen molar-refractivity contribution >= 4 is 46.3 Å². The Labute approximate surface area is 214 Å². The summed E-state index contributed by atoms with van der Waals surface area (Å²) < 4.78 is 6.98. The van der Waals surface area contributed by atoms with Crippen LogP contribution in [0, 0.1) is 0 Å². The third kappa shape index (κ3) is 4.21. The summed E-state index contributed by atoms with van der Waals surface area (Å²) in [4.78, 5) is 63.3. The van der Waals surface area contributed by atoms with Gasteiger partial charge in [0.15, 0.2) is 23.8 Å². The van der Waals surface area contributed by atoms with Crippen LogP contribution in [0.3, 0.4) is 0 Å². The smallest absolute Gasteiger partial charge is 0.261 e. The van der Waals surface area contributed by atoms with Crippen molar-refractivity contribution in [1.29, 1.82) is 0 Å². The van der Waals surface area contributed by atoms with Crippen LogP contribution in [0.5, 0.6) is 0 Å². The van der Waals surface area contributed by atoms with E-state index in [-0.39, 0.29) is 36.0 Å². The molecule has 2 aliphatic rings. The van der Waals surface area contributed by atoms with Gasteiger partial charge in [0.1, 0.15) is 30.5 Å². The lowest BCUT2D eigenvalue weighted by atomic mass is 10.1. The van der Waals surface area contributed by atoms with Crippen LogP contribution in [0.25, 0.3) is 11.2 Å². The molecule has 38 heavy (non-hydrogen) atoms. The number of aliphatic hydroxyl groups is 2. The van der Waals surface area contributed by atoms with Gasteiger partial charge in [0.25, 0.3) is 11.8 Å². The van der Waals surface area contributed by atoms with Gasteiger partial charge in [-0.15, -0.1) is 0 Å². The van der Waals surface area contributed by atoms with E-state index in [9.17, 15) is 29.4 Å². The third-order valence-electron chi connectivity index (χ3n) is 6.46. The second kappa shape index (κ2) is 9.77. The van der Waals surface area contributed by atoms with Crippen molar-refractivity contribution in [3.63, 3.8) is 0 Å². The van der Waals surface area contributed by atoms with E-state index in [4.69, 9.17) is 10.5 Å². The number of carbonyl (C=O) groups is 4. The summed E-state index contributed by atoms with van der Waals surface area (Å²) in [7, 11) is 0. The molecule has 4 heterocycles. The number of hydrogen-bond donors (Lipinski definition) is 5. The number of benzene rings is 1. The van der Waals surface area contributed by atoms with Crippen molar-refractivity contribution in [1.82, 2.24) is 29.7 Å². The number of aliphatic hydroxyl groups excluding tert-OH is 2. The van der Waals surface area contributed by atoms with E-state index in [0.717, 1.165) is 4.90 Å². The molecule has 2 aromatic heterocycles. The SMILES string of the molecule is CCN(C(=O)CC(=O)Nc1cccc2c1CNC2=O)C(=O)[C@H]1O[C@@H](n2cnc3c(N)ncnc32)[C@H](O)[C@@H]1O. The number of imidazole rings is 1. The van der Waals surface area contributed by atoms with E-state index in [1.165, 1.54) is 24.1 Å². The zero-order chi connectivity index (χ0) is 27.1. The molecule has 4 amide bonds. The highest BCUT2D eigenvalue weighted by molar-refractivity contribution is 6.09. The van der Waals surface area contributed by atoms with Crippen LogP contribution in [0.2, 0.25) is 0 Å². The molecule has 0 saturated carbocycles. The zero-order valence-electron chi connectivity index (χ0n) is 20.1. The molecule has 15 heteroatoms. The van der Waals surface area contributed by atoms with E-state index in [0.29, 0.717) is 16.8 Å². The van der Waals surface area contributed by atoms with Crippen LogP contribution < -0.4 is 16.4 Å². The Bertz CT molecular complexity index is 1460. The quantitative estimate of drug-likeness (QED) is 0.238. The fraction of sp³-hybridized carbons (Fsp3) is 0.348. The maximum atomic E-state index is 13.2. The Balaban J connectivity index is 1.28. The second-order valence-electron chi connectivity index (χ2n) is 8.73. The molecule has 15 nitrogen and oxygen atoms in total. The number of hydrogen-bond acceptors (Lipinski definition) is 11. The van der Waals surface area contributed by atoms with Gasteiger partial charge in [-0.1, -0.05) is 6.07 Å². The summed E-state index contributed by atoms with van der Waals surface area (Å²) in [6, 6.07) is 4.83. The average molecular weight is 524 g/mol. The van der Waals surface area contributed by atoms with Gasteiger partial charge < -0.3 is 31.3 Å². The minimum Gasteiger partial charge on any atom is -0.387 e. The molecule has 0 unspecified atom stereocenters. The van der Waals surface area contributed by atoms with Crippen LogP contribution in [0.1, 0.15) is 35.5 Å². The number of nitrogen functional groups attached to an aromatic ring is 1. The molecule has 2 aliphatic heterocycles. The van der Waals surface area contributed by atoms with E-state index >= 15 is 0 Å². The van der Waals surface area contributed by atoms with Crippen LogP contribution in [-0.2, 0) is 25.7 Å². The number of anilines is 2. The zero-order valence-corrected chi connectivity index (χ0v) is 20.1. The molecule has 0 aliphatic carbocycles. The molecule has 198 valence electrons. The third-order valence-corrected chi connectivity index (χ3v) is 6.46. The topological polar surface area (TPSA) is 215 Å². The number of ether oxygens (including phenoxy) is 1. The summed E-state index contributed by atoms with van der Waals surface area (Å²) >= 11 is 0. The number of imide groups is 1. The van der Waals surface area contributed by atoms with Crippen molar-refractivity contribution in [3.05, 3.63) is 42.0 Å². The van der Waals surface area contributed by atoms with Crippen molar-refractivity contribution in [2.45, 2.75) is 44.4 Å². The number of nitrogens with zero attached hydrogens (tertiary/aromatic N) is 5. The molecule has 1 fully saturated rings. The van der Waals surface area contributed by atoms with E-state index < -0.39 is 48.7 Å². The largest absolute Gasteiger partial charge is 0.387 e. The second-order valence-corrected chi connectivity index (χ2v) is 8.73. The van der Waals surface area contributed by atoms with Gasteiger partial charge >= 0.3 is 0 Å². The van der Waals surface area contributed by atoms with Gasteiger partial charge in [-0.05, 0) is 19.1 Å². The Kier molecular flexibility index (Phi) is 6.48. The lowest BCUT2D eigenvalue weighted by Crippen LogP contribution is -2.48. The Morgan fingerprint density at radius 3 is 2.79 bits per heavy atom. The Morgan fingerprint density at radius 2 is 2.03 bits per heavy atom. The Morgan fingerprint density at radius 1 is 1.24 bits per heavy atom. The van der Waals surface area contributed by atoms with Gasteiger partial charge in [-0.2, -0.15) is 0 Å². The lowest BCUT2D eigenvalue weighted by molar-refractivity contribution is -0.156. The monoisotopic (exact) mass is 524 g/mol. The highest BCUT2D eigenvalue weighted by Gasteiger charge is 2.49. The lowest BCUT2D eigenvalue weighted by Gasteiger charge is -2.23. The van der Waals surface area contributed by atoms with Gasteiger partial charge in [-0.3, -0.25) is 28.6 Å². The first-order chi connectivity index (χ1) is 18.2. The predicted octanol–water partition coefficient (Wildman–Crippen LogP) is -1.32. The van der Waals surface area contributed by atoms with E-state index in [1.807, 2.05) is 0 Å². The standard InChI is InChI=1S/C23H24N8O7/c1-2-30(14(33)6-13(32)29-12-5-3-4-10-11(12)7-25-21(10)36)22(37)18-16(34)17(35)23(38-18)31-9-28-15-19(24)26-8-27-20(15)31/h3-5,8-9,16-18,23,34-35H,2,6-7H2,1H3,(H,25,36)(H,29,32)(H2,24,26,27)/t16-,17+,18-,23+/m0/s1. The number of amides is 4. The Hall–Kier alpha value is -4.47. The van der Waals surface area contributed by atoms with Crippen molar-refractivity contribution in [3.8, 4) is 0 Å². The van der Waals surface area contributed by atoms with Gasteiger partial charge in [0.2, 0.25) is 11.8 Å². The number of nitrogens with two attached hydrogens (primary N) is 1. The summed E-state index contributed by atoms with van der Waals surface area (Å²) in [6.07, 6.45) is -4.32. The minimum absolute atomic E-state index is 0.0961. The fourth-order valence-electron chi connectivity index (χ4n) is 4.56. The summed E-state index contributed by atoms with van der Waals surface area (Å²) in [5.74, 6) is -2.61. The highest BCUT2D eigenvalue weighted by Crippen LogP contribution is 2.33. The molecule has 1 saturated heterocycles. The molecule has 1 aromatic carbocycles. The predicted molar refractivity (Wildman–Crippen MR) is 129 cm³/mol. The number of aromatic nitrogens is 4. The molecule has 5 rings (SSSR count).